The molecule has 0 saturated heterocycles. The molecule has 0 radical (unpaired) electrons. The largest absolute Gasteiger partial charge is 0.492 e. The Morgan fingerprint density at radius 2 is 2.00 bits per heavy atom. The average Bonchev–Trinajstić information content (AvgIpc) is 3.06. The van der Waals surface area contributed by atoms with E-state index in [-0.39, 0.29) is 33.8 Å². The van der Waals surface area contributed by atoms with Gasteiger partial charge in [-0.2, -0.15) is 4.73 Å². The van der Waals surface area contributed by atoms with Gasteiger partial charge in [0.15, 0.2) is 0 Å². The zero-order valence-electron chi connectivity index (χ0n) is 12.9. The average molecular weight is 419 g/mol. The van der Waals surface area contributed by atoms with Gasteiger partial charge in [-0.1, -0.05) is 28.1 Å². The van der Waals surface area contributed by atoms with Crippen molar-refractivity contribution in [1.29, 1.82) is 0 Å². The molecule has 0 unspecified atom stereocenters. The van der Waals surface area contributed by atoms with Gasteiger partial charge >= 0.3 is 0 Å². The minimum Gasteiger partial charge on any atom is -0.492 e. The molecule has 0 bridgehead atoms. The summed E-state index contributed by atoms with van der Waals surface area (Å²) in [5.74, 6) is -1.87. The minimum atomic E-state index is -0.737. The topological polar surface area (TPSA) is 92.4 Å². The quantitative estimate of drug-likeness (QED) is 0.489. The third-order valence-corrected chi connectivity index (χ3v) is 5.55. The van der Waals surface area contributed by atoms with Crippen molar-refractivity contribution >= 4 is 38.8 Å². The van der Waals surface area contributed by atoms with E-state index in [1.807, 2.05) is 24.3 Å². The summed E-state index contributed by atoms with van der Waals surface area (Å²) in [7, 11) is 0. The molecule has 0 saturated carbocycles. The van der Waals surface area contributed by atoms with Crippen LogP contribution in [0.25, 0.3) is 11.3 Å². The Bertz CT molecular complexity index is 1070. The van der Waals surface area contributed by atoms with E-state index in [1.165, 1.54) is 0 Å². The van der Waals surface area contributed by atoms with E-state index in [1.54, 1.807) is 6.92 Å². The lowest BCUT2D eigenvalue weighted by Gasteiger charge is -2.10. The first-order chi connectivity index (χ1) is 11.9. The Labute approximate surface area is 154 Å². The fourth-order valence-electron chi connectivity index (χ4n) is 3.04. The van der Waals surface area contributed by atoms with E-state index in [4.69, 9.17) is 0 Å². The zero-order valence-corrected chi connectivity index (χ0v) is 15.3. The summed E-state index contributed by atoms with van der Waals surface area (Å²) in [4.78, 5) is 29.5. The number of aromatic hydroxyl groups is 1. The molecule has 0 amide bonds. The van der Waals surface area contributed by atoms with Gasteiger partial charge in [-0.05, 0) is 24.6 Å². The monoisotopic (exact) mass is 418 g/mol. The molecule has 2 heterocycles. The van der Waals surface area contributed by atoms with Crippen molar-refractivity contribution in [1.82, 2.24) is 9.71 Å². The number of benzene rings is 1. The number of hydrogen-bond acceptors (Lipinski definition) is 6. The van der Waals surface area contributed by atoms with Crippen molar-refractivity contribution in [2.75, 3.05) is 0 Å². The fraction of sp³-hybridized carbons (Fsp3) is 0.118. The third-order valence-electron chi connectivity index (χ3n) is 4.09. The molecule has 25 heavy (non-hydrogen) atoms. The second-order valence-corrected chi connectivity index (χ2v) is 7.83. The molecule has 0 aliphatic heterocycles. The number of halogens is 1. The van der Waals surface area contributed by atoms with Gasteiger partial charge in [0.25, 0.3) is 0 Å². The molecule has 4 rings (SSSR count). The summed E-state index contributed by atoms with van der Waals surface area (Å²) in [6.45, 7) is 1.72. The van der Waals surface area contributed by atoms with Crippen molar-refractivity contribution in [2.24, 2.45) is 0 Å². The van der Waals surface area contributed by atoms with E-state index in [0.29, 0.717) is 9.74 Å². The van der Waals surface area contributed by atoms with Crippen LogP contribution in [0.15, 0.2) is 28.7 Å². The Balaban J connectivity index is 1.95. The molecule has 1 aliphatic rings. The van der Waals surface area contributed by atoms with Crippen LogP contribution < -0.4 is 0 Å². The summed E-state index contributed by atoms with van der Waals surface area (Å²) < 4.78 is 1.42. The Hall–Kier alpha value is -2.45. The van der Waals surface area contributed by atoms with Crippen molar-refractivity contribution in [3.8, 4) is 17.1 Å². The van der Waals surface area contributed by atoms with Gasteiger partial charge in [0, 0.05) is 10.9 Å². The maximum Gasteiger partial charge on any atom is 0.245 e. The van der Waals surface area contributed by atoms with Crippen molar-refractivity contribution in [2.45, 2.75) is 13.3 Å². The zero-order chi connectivity index (χ0) is 17.9. The number of thiazole rings is 1. The number of hydrogen-bond donors (Lipinski definition) is 2. The fourth-order valence-corrected chi connectivity index (χ4v) is 4.34. The van der Waals surface area contributed by atoms with Gasteiger partial charge in [0.1, 0.15) is 4.88 Å². The molecule has 8 heteroatoms. The first-order valence-corrected chi connectivity index (χ1v) is 8.96. The van der Waals surface area contributed by atoms with Crippen molar-refractivity contribution < 1.29 is 19.9 Å². The number of carbonyl (C=O) groups excluding carboxylic acids is 2. The van der Waals surface area contributed by atoms with Crippen LogP contribution in [0, 0.1) is 6.92 Å². The summed E-state index contributed by atoms with van der Waals surface area (Å²) >= 11 is 4.48. The van der Waals surface area contributed by atoms with Gasteiger partial charge in [-0.15, -0.1) is 11.3 Å². The first-order valence-electron chi connectivity index (χ1n) is 7.35. The summed E-state index contributed by atoms with van der Waals surface area (Å²) in [6.07, 6.45) is 0.177. The highest BCUT2D eigenvalue weighted by Gasteiger charge is 2.40. The Kier molecular flexibility index (Phi) is 3.55. The van der Waals surface area contributed by atoms with Gasteiger partial charge in [-0.3, -0.25) is 9.59 Å². The molecule has 0 spiro atoms. The van der Waals surface area contributed by atoms with Crippen LogP contribution in [0.3, 0.4) is 0 Å². The molecular formula is C17H11BrN2O4S. The lowest BCUT2D eigenvalue weighted by molar-refractivity contribution is 0.0815. The third kappa shape index (κ3) is 2.32. The van der Waals surface area contributed by atoms with Crippen molar-refractivity contribution in [3.63, 3.8) is 0 Å². The lowest BCUT2D eigenvalue weighted by atomic mass is 9.91. The molecule has 1 aromatic carbocycles. The van der Waals surface area contributed by atoms with Gasteiger partial charge in [-0.25, -0.2) is 4.98 Å². The Morgan fingerprint density at radius 1 is 1.24 bits per heavy atom. The second kappa shape index (κ2) is 5.53. The number of Topliss-reactive ketones (excluding diaryl/α,β-unsaturated/α-hetero) is 2. The van der Waals surface area contributed by atoms with Crippen LogP contribution in [-0.4, -0.2) is 31.6 Å². The standard InChI is InChI=1S/C17H11BrN2O4S/c1-7-19-13-12-11(14(21)15(22)16(13)25-7)10(20(24)17(12)23)6-8-3-2-4-9(18)5-8/h2-5,23-24H,6H2,1H3. The molecule has 6 nitrogen and oxygen atoms in total. The second-order valence-electron chi connectivity index (χ2n) is 5.71. The van der Waals surface area contributed by atoms with Crippen LogP contribution in [-0.2, 0) is 6.42 Å². The van der Waals surface area contributed by atoms with Gasteiger partial charge in [0.2, 0.25) is 17.4 Å². The van der Waals surface area contributed by atoms with E-state index < -0.39 is 17.4 Å². The van der Waals surface area contributed by atoms with E-state index in [2.05, 4.69) is 20.9 Å². The van der Waals surface area contributed by atoms with Crippen LogP contribution in [0.1, 0.15) is 36.3 Å². The minimum absolute atomic E-state index is 0.0165. The number of ketones is 2. The molecular weight excluding hydrogens is 408 g/mol. The van der Waals surface area contributed by atoms with E-state index in [9.17, 15) is 19.9 Å². The highest BCUT2D eigenvalue weighted by atomic mass is 79.9. The van der Waals surface area contributed by atoms with Gasteiger partial charge in [0.05, 0.1) is 27.5 Å². The van der Waals surface area contributed by atoms with Crippen LogP contribution in [0.5, 0.6) is 5.88 Å². The number of aryl methyl sites for hydroxylation is 1. The number of nitrogens with zero attached hydrogens (tertiary/aromatic N) is 2. The molecule has 0 fully saturated rings. The molecule has 126 valence electrons. The smallest absolute Gasteiger partial charge is 0.245 e. The van der Waals surface area contributed by atoms with E-state index in [0.717, 1.165) is 21.4 Å². The predicted octanol–water partition coefficient (Wildman–Crippen LogP) is 3.60. The van der Waals surface area contributed by atoms with Gasteiger partial charge < -0.3 is 10.3 Å². The van der Waals surface area contributed by atoms with Crippen LogP contribution in [0.4, 0.5) is 0 Å². The molecule has 2 aromatic heterocycles. The maximum atomic E-state index is 12.6. The van der Waals surface area contributed by atoms with Crippen LogP contribution >= 0.6 is 27.3 Å². The summed E-state index contributed by atoms with van der Waals surface area (Å²) in [5.41, 5.74) is 1.37. The highest BCUT2D eigenvalue weighted by molar-refractivity contribution is 9.10. The summed E-state index contributed by atoms with van der Waals surface area (Å²) in [6, 6.07) is 7.34. The summed E-state index contributed by atoms with van der Waals surface area (Å²) in [5, 5.41) is 21.3. The maximum absolute atomic E-state index is 12.6. The highest BCUT2D eigenvalue weighted by Crippen LogP contribution is 2.44. The van der Waals surface area contributed by atoms with Crippen molar-refractivity contribution in [3.05, 3.63) is 55.4 Å². The lowest BCUT2D eigenvalue weighted by Crippen LogP contribution is -2.20. The number of carbonyl (C=O) groups is 2. The molecule has 0 atom stereocenters. The molecule has 3 aromatic rings. The van der Waals surface area contributed by atoms with Crippen LogP contribution in [0.2, 0.25) is 0 Å². The normalized spacial score (nSPS) is 13.0. The SMILES string of the molecule is Cc1nc2c(s1)C(=O)C(=O)c1c-2c(O)n(O)c1Cc1cccc(Br)c1. The number of aromatic nitrogens is 2. The molecule has 1 aliphatic carbocycles. The number of rotatable bonds is 2. The van der Waals surface area contributed by atoms with E-state index >= 15 is 0 Å². The molecule has 2 N–H and O–H groups in total. The predicted molar refractivity (Wildman–Crippen MR) is 94.7 cm³/mol. The first kappa shape index (κ1) is 16.0. The Morgan fingerprint density at radius 3 is 2.72 bits per heavy atom. The number of fused-ring (bicyclic) bond motifs is 3.